The van der Waals surface area contributed by atoms with Gasteiger partial charge in [-0.05, 0) is 63.4 Å². The quantitative estimate of drug-likeness (QED) is 0.408. The second kappa shape index (κ2) is 11.4. The Morgan fingerprint density at radius 1 is 1.12 bits per heavy atom. The summed E-state index contributed by atoms with van der Waals surface area (Å²) in [6.07, 6.45) is -0.390. The molecule has 184 valence electrons. The predicted octanol–water partition coefficient (Wildman–Crippen LogP) is 2.73. The van der Waals surface area contributed by atoms with Crippen LogP contribution >= 0.6 is 0 Å². The fraction of sp³-hybridized carbons (Fsp3) is 0.391. The Kier molecular flexibility index (Phi) is 8.88. The lowest BCUT2D eigenvalue weighted by molar-refractivity contribution is -0.139. The second-order valence-corrected chi connectivity index (χ2v) is 8.62. The summed E-state index contributed by atoms with van der Waals surface area (Å²) < 4.78 is 31.8. The minimum Gasteiger partial charge on any atom is -0.480 e. The maximum absolute atomic E-state index is 13.3. The molecule has 0 unspecified atom stereocenters. The molecular formula is C23H27F2N3O6. The summed E-state index contributed by atoms with van der Waals surface area (Å²) in [6.45, 7) is 5.25. The van der Waals surface area contributed by atoms with Crippen molar-refractivity contribution in [2.75, 3.05) is 6.54 Å². The van der Waals surface area contributed by atoms with Crippen LogP contribution in [0.2, 0.25) is 0 Å². The highest BCUT2D eigenvalue weighted by Crippen LogP contribution is 2.12. The van der Waals surface area contributed by atoms with Crippen LogP contribution in [0.15, 0.2) is 35.1 Å². The molecule has 0 fully saturated rings. The van der Waals surface area contributed by atoms with Crippen molar-refractivity contribution in [3.63, 3.8) is 0 Å². The first-order chi connectivity index (χ1) is 15.8. The van der Waals surface area contributed by atoms with Gasteiger partial charge >= 0.3 is 12.1 Å². The molecule has 4 N–H and O–H groups in total. The van der Waals surface area contributed by atoms with Crippen molar-refractivity contribution in [1.82, 2.24) is 15.6 Å². The summed E-state index contributed by atoms with van der Waals surface area (Å²) in [4.78, 5) is 50.4. The Hall–Kier alpha value is -3.76. The van der Waals surface area contributed by atoms with Crippen LogP contribution in [-0.2, 0) is 16.0 Å². The van der Waals surface area contributed by atoms with E-state index in [1.165, 1.54) is 12.1 Å². The maximum atomic E-state index is 13.3. The number of amides is 2. The largest absolute Gasteiger partial charge is 0.480 e. The number of alkyl carbamates (subject to hydrolysis) is 1. The Morgan fingerprint density at radius 2 is 1.76 bits per heavy atom. The lowest BCUT2D eigenvalue weighted by Crippen LogP contribution is -2.43. The van der Waals surface area contributed by atoms with Crippen LogP contribution in [0.25, 0.3) is 0 Å². The molecule has 1 aromatic heterocycles. The van der Waals surface area contributed by atoms with E-state index >= 15 is 0 Å². The minimum absolute atomic E-state index is 0.00199. The van der Waals surface area contributed by atoms with Crippen molar-refractivity contribution >= 4 is 18.0 Å². The molecule has 1 heterocycles. The molecule has 2 aromatic rings. The van der Waals surface area contributed by atoms with Gasteiger partial charge in [-0.2, -0.15) is 0 Å². The van der Waals surface area contributed by atoms with Crippen molar-refractivity contribution in [3.05, 3.63) is 69.1 Å². The van der Waals surface area contributed by atoms with E-state index in [-0.39, 0.29) is 36.9 Å². The number of hydrogen-bond donors (Lipinski definition) is 4. The smallest absolute Gasteiger partial charge is 0.407 e. The first-order valence-corrected chi connectivity index (χ1v) is 10.5. The van der Waals surface area contributed by atoms with Gasteiger partial charge in [0, 0.05) is 24.7 Å². The third-order valence-corrected chi connectivity index (χ3v) is 4.47. The van der Waals surface area contributed by atoms with Gasteiger partial charge in [0.1, 0.15) is 28.8 Å². The number of H-pyrrole nitrogens is 1. The lowest BCUT2D eigenvalue weighted by atomic mass is 10.1. The molecule has 0 bridgehead atoms. The SMILES string of the molecule is CC(C)(C)OC(=O)NCCC[C@H](NC(=O)c1ccc(Cc2cc(F)cc(F)c2)[nH]c1=O)C(=O)O. The van der Waals surface area contributed by atoms with Crippen LogP contribution in [0.1, 0.15) is 55.2 Å². The zero-order valence-electron chi connectivity index (χ0n) is 19.0. The molecule has 34 heavy (non-hydrogen) atoms. The summed E-state index contributed by atoms with van der Waals surface area (Å²) in [5.74, 6) is -3.70. The molecule has 2 amide bonds. The predicted molar refractivity (Wildman–Crippen MR) is 119 cm³/mol. The molecule has 0 aliphatic heterocycles. The van der Waals surface area contributed by atoms with Crippen molar-refractivity contribution in [3.8, 4) is 0 Å². The van der Waals surface area contributed by atoms with Crippen LogP contribution < -0.4 is 16.2 Å². The number of nitrogens with one attached hydrogen (secondary N) is 3. The number of pyridine rings is 1. The Labute approximate surface area is 194 Å². The van der Waals surface area contributed by atoms with E-state index in [0.29, 0.717) is 5.69 Å². The van der Waals surface area contributed by atoms with Crippen molar-refractivity contribution in [2.24, 2.45) is 0 Å². The molecule has 0 saturated carbocycles. The monoisotopic (exact) mass is 479 g/mol. The first kappa shape index (κ1) is 26.5. The van der Waals surface area contributed by atoms with Crippen LogP contribution in [0.3, 0.4) is 0 Å². The summed E-state index contributed by atoms with van der Waals surface area (Å²) in [5, 5.41) is 14.2. The standard InChI is InChI=1S/C23H27F2N3O6/c1-23(2,3)34-22(33)26-8-4-5-18(21(31)32)28-20(30)17-7-6-16(27-19(17)29)11-13-9-14(24)12-15(25)10-13/h6-7,9-10,12,18H,4-5,8,11H2,1-3H3,(H,26,33)(H,27,29)(H,28,30)(H,31,32)/t18-/m0/s1. The molecule has 2 rings (SSSR count). The highest BCUT2D eigenvalue weighted by Gasteiger charge is 2.22. The van der Waals surface area contributed by atoms with Gasteiger partial charge in [0.05, 0.1) is 0 Å². The average Bonchev–Trinajstić information content (AvgIpc) is 2.67. The summed E-state index contributed by atoms with van der Waals surface area (Å²) in [6, 6.07) is 4.30. The van der Waals surface area contributed by atoms with Gasteiger partial charge in [-0.1, -0.05) is 0 Å². The number of hydrogen-bond acceptors (Lipinski definition) is 5. The molecule has 11 heteroatoms. The average molecular weight is 479 g/mol. The van der Waals surface area contributed by atoms with Gasteiger partial charge in [0.25, 0.3) is 11.5 Å². The molecule has 0 radical (unpaired) electrons. The van der Waals surface area contributed by atoms with E-state index < -0.39 is 46.8 Å². The fourth-order valence-corrected chi connectivity index (χ4v) is 3.03. The van der Waals surface area contributed by atoms with Crippen LogP contribution in [0.4, 0.5) is 13.6 Å². The van der Waals surface area contributed by atoms with Crippen molar-refractivity contribution in [1.29, 1.82) is 0 Å². The van der Waals surface area contributed by atoms with Crippen LogP contribution in [-0.4, -0.2) is 46.2 Å². The summed E-state index contributed by atoms with van der Waals surface area (Å²) in [5.41, 5.74) is -1.15. The molecule has 9 nitrogen and oxygen atoms in total. The third kappa shape index (κ3) is 8.64. The van der Waals surface area contributed by atoms with Crippen LogP contribution in [0, 0.1) is 11.6 Å². The van der Waals surface area contributed by atoms with E-state index in [9.17, 15) is 33.1 Å². The van der Waals surface area contributed by atoms with Gasteiger partial charge in [-0.15, -0.1) is 0 Å². The van der Waals surface area contributed by atoms with Crippen LogP contribution in [0.5, 0.6) is 0 Å². The van der Waals surface area contributed by atoms with E-state index in [1.807, 2.05) is 0 Å². The number of aromatic nitrogens is 1. The highest BCUT2D eigenvalue weighted by atomic mass is 19.1. The normalized spacial score (nSPS) is 12.0. The van der Waals surface area contributed by atoms with E-state index in [4.69, 9.17) is 4.74 Å². The summed E-state index contributed by atoms with van der Waals surface area (Å²) >= 11 is 0. The highest BCUT2D eigenvalue weighted by molar-refractivity contribution is 5.96. The van der Waals surface area contributed by atoms with Gasteiger partial charge in [0.2, 0.25) is 0 Å². The minimum atomic E-state index is -1.30. The zero-order chi connectivity index (χ0) is 25.5. The molecule has 0 aliphatic carbocycles. The molecule has 0 spiro atoms. The number of carbonyl (C=O) groups is 3. The molecule has 1 aromatic carbocycles. The van der Waals surface area contributed by atoms with Gasteiger partial charge in [-0.25, -0.2) is 18.4 Å². The van der Waals surface area contributed by atoms with Gasteiger partial charge in [-0.3, -0.25) is 9.59 Å². The Balaban J connectivity index is 1.95. The molecule has 0 saturated heterocycles. The number of carboxylic acid groups (broad SMARTS) is 1. The fourth-order valence-electron chi connectivity index (χ4n) is 3.03. The number of rotatable bonds is 9. The van der Waals surface area contributed by atoms with E-state index in [0.717, 1.165) is 18.2 Å². The molecule has 0 aliphatic rings. The number of aliphatic carboxylic acids is 1. The Morgan fingerprint density at radius 3 is 2.32 bits per heavy atom. The topological polar surface area (TPSA) is 138 Å². The third-order valence-electron chi connectivity index (χ3n) is 4.47. The van der Waals surface area contributed by atoms with Gasteiger partial charge < -0.3 is 25.5 Å². The number of carboxylic acids is 1. The maximum Gasteiger partial charge on any atom is 0.407 e. The second-order valence-electron chi connectivity index (χ2n) is 8.62. The number of aromatic amines is 1. The number of carbonyl (C=O) groups excluding carboxylic acids is 2. The Bertz CT molecular complexity index is 1090. The number of halogens is 2. The van der Waals surface area contributed by atoms with Crippen molar-refractivity contribution < 1.29 is 33.0 Å². The lowest BCUT2D eigenvalue weighted by Gasteiger charge is -2.20. The van der Waals surface area contributed by atoms with Crippen molar-refractivity contribution in [2.45, 2.75) is 51.7 Å². The van der Waals surface area contributed by atoms with E-state index in [2.05, 4.69) is 15.6 Å². The molecular weight excluding hydrogens is 452 g/mol. The first-order valence-electron chi connectivity index (χ1n) is 10.5. The van der Waals surface area contributed by atoms with E-state index in [1.54, 1.807) is 20.8 Å². The zero-order valence-corrected chi connectivity index (χ0v) is 19.0. The summed E-state index contributed by atoms with van der Waals surface area (Å²) in [7, 11) is 0. The number of benzene rings is 1. The van der Waals surface area contributed by atoms with Gasteiger partial charge in [0.15, 0.2) is 0 Å². The number of ether oxygens (including phenoxy) is 1. The molecule has 1 atom stereocenters.